The summed E-state index contributed by atoms with van der Waals surface area (Å²) in [5.41, 5.74) is -2.03. The molecule has 0 unspecified atom stereocenters. The molecule has 2 rings (SSSR count). The van der Waals surface area contributed by atoms with E-state index in [0.717, 1.165) is 0 Å². The van der Waals surface area contributed by atoms with E-state index in [1.165, 1.54) is 37.2 Å². The number of nitrogens with one attached hydrogen (secondary N) is 2. The molecule has 0 aromatic carbocycles. The Bertz CT molecular complexity index is 1450. The summed E-state index contributed by atoms with van der Waals surface area (Å²) in [5.74, 6) is -2.33. The molecule has 16 nitrogen and oxygen atoms in total. The molecule has 2 amide bonds. The van der Waals surface area contributed by atoms with E-state index in [1.54, 1.807) is 83.1 Å². The normalized spacial score (nSPS) is 12.6. The number of carboxylic acid groups (broad SMARTS) is 1. The Morgan fingerprint density at radius 1 is 0.667 bits per heavy atom. The number of carboxylic acids is 1. The topological polar surface area (TPSA) is 226 Å². The van der Waals surface area contributed by atoms with Gasteiger partial charge in [0.2, 0.25) is 5.78 Å². The highest BCUT2D eigenvalue weighted by molar-refractivity contribution is 9.09. The Hall–Kier alpha value is -4.54. The molecule has 0 saturated carbocycles. The van der Waals surface area contributed by atoms with Gasteiger partial charge in [-0.25, -0.2) is 29.1 Å². The molecule has 0 aliphatic heterocycles. The van der Waals surface area contributed by atoms with Crippen molar-refractivity contribution in [2.45, 2.75) is 106 Å². The van der Waals surface area contributed by atoms with Gasteiger partial charge in [-0.05, 0) is 52.4 Å². The van der Waals surface area contributed by atoms with Crippen LogP contribution in [0.4, 0.5) is 9.59 Å². The van der Waals surface area contributed by atoms with Crippen LogP contribution in [-0.2, 0) is 23.8 Å². The van der Waals surface area contributed by atoms with Crippen molar-refractivity contribution in [1.29, 1.82) is 0 Å². The van der Waals surface area contributed by atoms with Crippen molar-refractivity contribution in [3.8, 4) is 0 Å². The number of ketones is 2. The fourth-order valence-electron chi connectivity index (χ4n) is 3.38. The SMILES string of the molecule is CC(C)(C)OC(=O)N[C@@H](C(=O)O)C(C)(C)C.CC(C)(C)OC(=O)N[C@@H](C(=O)OCC(=O)c1cnccn1)C(C)(C)C.O=C(CBr)c1cnccn1. The number of nitrogens with zero attached hydrogens (tertiary/aromatic N) is 4. The van der Waals surface area contributed by atoms with E-state index < -0.39 is 70.6 Å². The Labute approximate surface area is 307 Å². The summed E-state index contributed by atoms with van der Waals surface area (Å²) in [5, 5.41) is 14.1. The van der Waals surface area contributed by atoms with Gasteiger partial charge in [0.15, 0.2) is 12.4 Å². The molecule has 17 heteroatoms. The third kappa shape index (κ3) is 20.7. The zero-order chi connectivity index (χ0) is 39.8. The smallest absolute Gasteiger partial charge is 0.408 e. The van der Waals surface area contributed by atoms with E-state index in [0.29, 0.717) is 11.0 Å². The van der Waals surface area contributed by atoms with Gasteiger partial charge in [-0.3, -0.25) is 19.6 Å². The van der Waals surface area contributed by atoms with Crippen LogP contribution >= 0.6 is 15.9 Å². The molecule has 2 aromatic rings. The van der Waals surface area contributed by atoms with Crippen molar-refractivity contribution in [3.05, 3.63) is 48.6 Å². The van der Waals surface area contributed by atoms with E-state index in [2.05, 4.69) is 46.5 Å². The monoisotopic (exact) mass is 782 g/mol. The van der Waals surface area contributed by atoms with Gasteiger partial charge in [-0.2, -0.15) is 0 Å². The molecule has 0 saturated heterocycles. The Morgan fingerprint density at radius 3 is 1.37 bits per heavy atom. The van der Waals surface area contributed by atoms with Gasteiger partial charge in [0.1, 0.15) is 34.7 Å². The number of carbonyl (C=O) groups excluding carboxylic acids is 5. The summed E-state index contributed by atoms with van der Waals surface area (Å²) >= 11 is 3.03. The second-order valence-electron chi connectivity index (χ2n) is 15.0. The highest BCUT2D eigenvalue weighted by Crippen LogP contribution is 2.22. The largest absolute Gasteiger partial charge is 0.480 e. The second-order valence-corrected chi connectivity index (χ2v) is 15.6. The minimum Gasteiger partial charge on any atom is -0.480 e. The first-order valence-electron chi connectivity index (χ1n) is 15.7. The average molecular weight is 784 g/mol. The molecule has 0 aliphatic carbocycles. The number of alkyl carbamates (subject to hydrolysis) is 2. The quantitative estimate of drug-likeness (QED) is 0.129. The van der Waals surface area contributed by atoms with Crippen molar-refractivity contribution in [3.63, 3.8) is 0 Å². The van der Waals surface area contributed by atoms with Crippen LogP contribution in [0.15, 0.2) is 37.2 Å². The number of aliphatic carboxylic acids is 1. The van der Waals surface area contributed by atoms with E-state index in [9.17, 15) is 28.8 Å². The summed E-state index contributed by atoms with van der Waals surface area (Å²) in [6.45, 7) is 20.3. The van der Waals surface area contributed by atoms with Crippen molar-refractivity contribution in [2.24, 2.45) is 10.8 Å². The molecule has 284 valence electrons. The van der Waals surface area contributed by atoms with Gasteiger partial charge in [-0.1, -0.05) is 57.5 Å². The van der Waals surface area contributed by atoms with Crippen LogP contribution in [0.25, 0.3) is 0 Å². The van der Waals surface area contributed by atoms with Crippen LogP contribution in [0, 0.1) is 10.8 Å². The number of hydrogen-bond donors (Lipinski definition) is 3. The average Bonchev–Trinajstić information content (AvgIpc) is 2.99. The highest BCUT2D eigenvalue weighted by Gasteiger charge is 2.36. The van der Waals surface area contributed by atoms with E-state index in [1.807, 2.05) is 0 Å². The zero-order valence-corrected chi connectivity index (χ0v) is 32.9. The van der Waals surface area contributed by atoms with E-state index in [4.69, 9.17) is 19.3 Å². The molecule has 3 N–H and O–H groups in total. The molecular formula is C34H51BrN6O10. The fraction of sp³-hybridized carbons (Fsp3) is 0.588. The first-order chi connectivity index (χ1) is 23.2. The number of Topliss-reactive ketones (excluding diaryl/α,β-unsaturated/α-hetero) is 2. The van der Waals surface area contributed by atoms with Crippen molar-refractivity contribution in [2.75, 3.05) is 11.9 Å². The van der Waals surface area contributed by atoms with Crippen LogP contribution in [0.2, 0.25) is 0 Å². The first kappa shape index (κ1) is 46.5. The molecule has 0 radical (unpaired) electrons. The summed E-state index contributed by atoms with van der Waals surface area (Å²) in [7, 11) is 0. The number of esters is 1. The minimum atomic E-state index is -1.07. The third-order valence-corrected chi connectivity index (χ3v) is 6.21. The van der Waals surface area contributed by atoms with Crippen molar-refractivity contribution >= 4 is 51.6 Å². The number of ether oxygens (including phenoxy) is 3. The summed E-state index contributed by atoms with van der Waals surface area (Å²) in [6, 6.07) is -1.95. The van der Waals surface area contributed by atoms with E-state index >= 15 is 0 Å². The second kappa shape index (κ2) is 20.3. The lowest BCUT2D eigenvalue weighted by Crippen LogP contribution is -2.51. The highest BCUT2D eigenvalue weighted by atomic mass is 79.9. The molecule has 0 aliphatic rings. The maximum absolute atomic E-state index is 12.3. The summed E-state index contributed by atoms with van der Waals surface area (Å²) < 4.78 is 15.2. The predicted molar refractivity (Wildman–Crippen MR) is 190 cm³/mol. The van der Waals surface area contributed by atoms with Crippen LogP contribution in [0.3, 0.4) is 0 Å². The van der Waals surface area contributed by atoms with Gasteiger partial charge >= 0.3 is 24.1 Å². The molecule has 0 spiro atoms. The van der Waals surface area contributed by atoms with Gasteiger partial charge in [0.25, 0.3) is 0 Å². The lowest BCUT2D eigenvalue weighted by molar-refractivity contribution is -0.148. The van der Waals surface area contributed by atoms with Crippen molar-refractivity contribution in [1.82, 2.24) is 30.6 Å². The summed E-state index contributed by atoms with van der Waals surface area (Å²) in [4.78, 5) is 84.7. The molecule has 0 fully saturated rings. The van der Waals surface area contributed by atoms with E-state index in [-0.39, 0.29) is 11.5 Å². The summed E-state index contributed by atoms with van der Waals surface area (Å²) in [6.07, 6.45) is 7.13. The molecular weight excluding hydrogens is 732 g/mol. The number of alkyl halides is 1. The Kier molecular flexibility index (Phi) is 18.5. The molecule has 2 aromatic heterocycles. The molecule has 2 heterocycles. The lowest BCUT2D eigenvalue weighted by atomic mass is 9.87. The van der Waals surface area contributed by atoms with Crippen LogP contribution < -0.4 is 10.6 Å². The van der Waals surface area contributed by atoms with Gasteiger partial charge in [-0.15, -0.1) is 0 Å². The predicted octanol–water partition coefficient (Wildman–Crippen LogP) is 5.21. The number of halogens is 1. The zero-order valence-electron chi connectivity index (χ0n) is 31.3. The number of rotatable bonds is 9. The lowest BCUT2D eigenvalue weighted by Gasteiger charge is -2.30. The molecule has 0 bridgehead atoms. The number of aromatic nitrogens is 4. The fourth-order valence-corrected chi connectivity index (χ4v) is 3.66. The number of hydrogen-bond acceptors (Lipinski definition) is 13. The third-order valence-electron chi connectivity index (χ3n) is 5.70. The Morgan fingerprint density at radius 2 is 1.06 bits per heavy atom. The van der Waals surface area contributed by atoms with Crippen molar-refractivity contribution < 1.29 is 48.1 Å². The van der Waals surface area contributed by atoms with Crippen LogP contribution in [0.5, 0.6) is 0 Å². The molecule has 51 heavy (non-hydrogen) atoms. The number of amides is 2. The maximum atomic E-state index is 12.3. The maximum Gasteiger partial charge on any atom is 0.408 e. The standard InChI is InChI=1S/C17H25N3O5.C11H21NO4.C6H5BrN2O/c1-16(2,3)13(20-15(23)25-17(4,5)6)14(22)24-10-12(21)11-9-18-7-8-19-11;1-10(2,3)7(8(13)14)12-9(15)16-11(4,5)6;7-3-6(10)5-4-8-1-2-9-5/h7-9,13H,10H2,1-6H3,(H,20,23);7H,1-6H3,(H,12,15)(H,13,14);1-2,4H,3H2/t13-;7-;/m00./s1. The molecule has 2 atom stereocenters. The van der Waals surface area contributed by atoms with Crippen LogP contribution in [-0.4, -0.2) is 96.0 Å². The van der Waals surface area contributed by atoms with Gasteiger partial charge in [0.05, 0.1) is 17.7 Å². The van der Waals surface area contributed by atoms with Gasteiger partial charge in [0, 0.05) is 24.8 Å². The Balaban J connectivity index is 0.000000817. The van der Waals surface area contributed by atoms with Crippen LogP contribution in [0.1, 0.15) is 104 Å². The number of carbonyl (C=O) groups is 6. The minimum absolute atomic E-state index is 0.0481. The van der Waals surface area contributed by atoms with Gasteiger partial charge < -0.3 is 30.0 Å². The first-order valence-corrected chi connectivity index (χ1v) is 16.8.